The second-order valence-electron chi connectivity index (χ2n) is 2.08. The maximum absolute atomic E-state index is 10.6. The zero-order valence-corrected chi connectivity index (χ0v) is 8.53. The zero-order chi connectivity index (χ0) is 7.56. The lowest BCUT2D eigenvalue weighted by Gasteiger charge is -1.86. The summed E-state index contributed by atoms with van der Waals surface area (Å²) in [7, 11) is 0. The van der Waals surface area contributed by atoms with E-state index in [0.29, 0.717) is 6.42 Å². The molecule has 0 radical (unpaired) electrons. The number of thiophene rings is 1. The molecule has 0 bridgehead atoms. The average molecular weight is 266 g/mol. The molecule has 1 heterocycles. The third-order valence-electron chi connectivity index (χ3n) is 1.05. The second-order valence-corrected chi connectivity index (χ2v) is 5.15. The summed E-state index contributed by atoms with van der Waals surface area (Å²) in [6.45, 7) is 1.62. The Morgan fingerprint density at radius 2 is 2.40 bits per heavy atom. The predicted molar refractivity (Wildman–Crippen MR) is 51.4 cm³/mol. The minimum Gasteiger partial charge on any atom is -0.300 e. The van der Waals surface area contributed by atoms with Crippen molar-refractivity contribution in [3.63, 3.8) is 0 Å². The Morgan fingerprint density at radius 3 is 2.80 bits per heavy atom. The van der Waals surface area contributed by atoms with Crippen LogP contribution < -0.4 is 0 Å². The maximum Gasteiger partial charge on any atom is 0.135 e. The molecule has 0 atom stereocenters. The van der Waals surface area contributed by atoms with Gasteiger partial charge in [0.05, 0.1) is 2.88 Å². The number of halogens is 1. The monoisotopic (exact) mass is 266 g/mol. The smallest absolute Gasteiger partial charge is 0.135 e. The fourth-order valence-electron chi connectivity index (χ4n) is 0.692. The summed E-state index contributed by atoms with van der Waals surface area (Å²) >= 11 is 3.94. The third kappa shape index (κ3) is 2.38. The molecule has 0 amide bonds. The van der Waals surface area contributed by atoms with Crippen LogP contribution in [0, 0.1) is 2.88 Å². The number of hydrogen-bond donors (Lipinski definition) is 0. The maximum atomic E-state index is 10.6. The van der Waals surface area contributed by atoms with Crippen molar-refractivity contribution in [3.05, 3.63) is 19.9 Å². The minimum atomic E-state index is 0.234. The molecule has 0 saturated heterocycles. The number of carbonyl (C=O) groups is 1. The van der Waals surface area contributed by atoms with Crippen molar-refractivity contribution in [1.29, 1.82) is 0 Å². The lowest BCUT2D eigenvalue weighted by Crippen LogP contribution is -1.92. The van der Waals surface area contributed by atoms with Crippen LogP contribution >= 0.6 is 33.9 Å². The van der Waals surface area contributed by atoms with Crippen LogP contribution in [0.4, 0.5) is 0 Å². The van der Waals surface area contributed by atoms with Gasteiger partial charge in [0, 0.05) is 11.3 Å². The van der Waals surface area contributed by atoms with E-state index in [2.05, 4.69) is 22.6 Å². The van der Waals surface area contributed by atoms with E-state index in [-0.39, 0.29) is 5.78 Å². The number of ketones is 1. The van der Waals surface area contributed by atoms with E-state index >= 15 is 0 Å². The van der Waals surface area contributed by atoms with Gasteiger partial charge in [-0.2, -0.15) is 0 Å². The highest BCUT2D eigenvalue weighted by atomic mass is 127. The van der Waals surface area contributed by atoms with Gasteiger partial charge in [0.2, 0.25) is 0 Å². The average Bonchev–Trinajstić information content (AvgIpc) is 2.13. The first-order valence-electron chi connectivity index (χ1n) is 2.92. The highest BCUT2D eigenvalue weighted by Gasteiger charge is 1.99. The Balaban J connectivity index is 2.67. The molecule has 0 aliphatic rings. The summed E-state index contributed by atoms with van der Waals surface area (Å²) in [5.41, 5.74) is 0. The van der Waals surface area contributed by atoms with E-state index < -0.39 is 0 Å². The molecule has 1 aromatic rings. The summed E-state index contributed by atoms with van der Waals surface area (Å²) < 4.78 is 1.24. The standard InChI is InChI=1S/C7H7IOS/c1-5(9)4-6-2-3-7(8)10-6/h2-3H,4H2,1H3. The van der Waals surface area contributed by atoms with Crippen molar-refractivity contribution in [2.24, 2.45) is 0 Å². The topological polar surface area (TPSA) is 17.1 Å². The normalized spacial score (nSPS) is 9.80. The number of Topliss-reactive ketones (excluding diaryl/α,β-unsaturated/α-hetero) is 1. The van der Waals surface area contributed by atoms with E-state index in [0.717, 1.165) is 4.88 Å². The van der Waals surface area contributed by atoms with E-state index in [1.165, 1.54) is 2.88 Å². The van der Waals surface area contributed by atoms with Gasteiger partial charge in [0.25, 0.3) is 0 Å². The molecular weight excluding hydrogens is 259 g/mol. The van der Waals surface area contributed by atoms with Crippen LogP contribution in [0.3, 0.4) is 0 Å². The van der Waals surface area contributed by atoms with Gasteiger partial charge in [-0.1, -0.05) is 0 Å². The zero-order valence-electron chi connectivity index (χ0n) is 5.56. The molecular formula is C7H7IOS. The van der Waals surface area contributed by atoms with Gasteiger partial charge in [-0.25, -0.2) is 0 Å². The molecule has 1 aromatic heterocycles. The molecule has 0 aliphatic carbocycles. The number of hydrogen-bond acceptors (Lipinski definition) is 2. The van der Waals surface area contributed by atoms with E-state index in [1.807, 2.05) is 12.1 Å². The van der Waals surface area contributed by atoms with Crippen LogP contribution in [0.2, 0.25) is 0 Å². The van der Waals surface area contributed by atoms with Gasteiger partial charge < -0.3 is 0 Å². The molecule has 0 aliphatic heterocycles. The Kier molecular flexibility index (Phi) is 2.85. The molecule has 1 rings (SSSR count). The minimum absolute atomic E-state index is 0.234. The first-order chi connectivity index (χ1) is 4.68. The van der Waals surface area contributed by atoms with Crippen LogP contribution in [0.5, 0.6) is 0 Å². The van der Waals surface area contributed by atoms with Crippen molar-refractivity contribution in [3.8, 4) is 0 Å². The number of rotatable bonds is 2. The molecule has 0 fully saturated rings. The van der Waals surface area contributed by atoms with Gasteiger partial charge in [0.15, 0.2) is 0 Å². The van der Waals surface area contributed by atoms with E-state index in [1.54, 1.807) is 18.3 Å². The van der Waals surface area contributed by atoms with Crippen molar-refractivity contribution in [1.82, 2.24) is 0 Å². The van der Waals surface area contributed by atoms with Crippen molar-refractivity contribution >= 4 is 39.7 Å². The molecule has 0 N–H and O–H groups in total. The van der Waals surface area contributed by atoms with Gasteiger partial charge in [-0.05, 0) is 41.6 Å². The fraction of sp³-hybridized carbons (Fsp3) is 0.286. The van der Waals surface area contributed by atoms with Gasteiger partial charge >= 0.3 is 0 Å². The van der Waals surface area contributed by atoms with Crippen LogP contribution in [0.1, 0.15) is 11.8 Å². The van der Waals surface area contributed by atoms with Crippen LogP contribution in [0.15, 0.2) is 12.1 Å². The van der Waals surface area contributed by atoms with Crippen molar-refractivity contribution in [2.75, 3.05) is 0 Å². The summed E-state index contributed by atoms with van der Waals surface area (Å²) in [6, 6.07) is 4.04. The summed E-state index contributed by atoms with van der Waals surface area (Å²) in [6.07, 6.45) is 0.591. The predicted octanol–water partition coefficient (Wildman–Crippen LogP) is 2.48. The van der Waals surface area contributed by atoms with E-state index in [4.69, 9.17) is 0 Å². The molecule has 1 nitrogen and oxygen atoms in total. The van der Waals surface area contributed by atoms with Crippen LogP contribution in [-0.4, -0.2) is 5.78 Å². The summed E-state index contributed by atoms with van der Waals surface area (Å²) in [5, 5.41) is 0. The molecule has 54 valence electrons. The first kappa shape index (κ1) is 8.20. The van der Waals surface area contributed by atoms with Crippen LogP contribution in [-0.2, 0) is 11.2 Å². The highest BCUT2D eigenvalue weighted by molar-refractivity contribution is 14.1. The molecule has 0 saturated carbocycles. The Bertz CT molecular complexity index is 242. The highest BCUT2D eigenvalue weighted by Crippen LogP contribution is 2.18. The largest absolute Gasteiger partial charge is 0.300 e. The van der Waals surface area contributed by atoms with Crippen molar-refractivity contribution < 1.29 is 4.79 Å². The lowest BCUT2D eigenvalue weighted by molar-refractivity contribution is -0.116. The Morgan fingerprint density at radius 1 is 1.70 bits per heavy atom. The quantitative estimate of drug-likeness (QED) is 0.751. The fourth-order valence-corrected chi connectivity index (χ4v) is 2.52. The van der Waals surface area contributed by atoms with Gasteiger partial charge in [-0.15, -0.1) is 11.3 Å². The van der Waals surface area contributed by atoms with Gasteiger partial charge in [-0.3, -0.25) is 4.79 Å². The Labute approximate surface area is 77.6 Å². The summed E-state index contributed by atoms with van der Waals surface area (Å²) in [4.78, 5) is 11.8. The Hall–Kier alpha value is 0.1000. The third-order valence-corrected chi connectivity index (χ3v) is 2.95. The molecule has 0 unspecified atom stereocenters. The van der Waals surface area contributed by atoms with Crippen LogP contribution in [0.25, 0.3) is 0 Å². The molecule has 0 aromatic carbocycles. The second kappa shape index (κ2) is 3.48. The first-order valence-corrected chi connectivity index (χ1v) is 4.81. The van der Waals surface area contributed by atoms with Gasteiger partial charge in [0.1, 0.15) is 5.78 Å². The molecule has 10 heavy (non-hydrogen) atoms. The molecule has 0 spiro atoms. The number of carbonyl (C=O) groups excluding carboxylic acids is 1. The van der Waals surface area contributed by atoms with E-state index in [9.17, 15) is 4.79 Å². The molecule has 3 heteroatoms. The van der Waals surface area contributed by atoms with Crippen molar-refractivity contribution in [2.45, 2.75) is 13.3 Å². The lowest BCUT2D eigenvalue weighted by atomic mass is 10.3. The SMILES string of the molecule is CC(=O)Cc1ccc(I)s1. The summed E-state index contributed by atoms with van der Waals surface area (Å²) in [5.74, 6) is 0.234.